The zero-order valence-electron chi connectivity index (χ0n) is 13.6. The third-order valence-electron chi connectivity index (χ3n) is 6.67. The Morgan fingerprint density at radius 3 is 1.00 bits per heavy atom. The highest BCUT2D eigenvalue weighted by molar-refractivity contribution is 8.16. The van der Waals surface area contributed by atoms with Gasteiger partial charge in [-0.15, -0.1) is 0 Å². The monoisotopic (exact) mass is 314 g/mol. The molecule has 0 bridgehead atoms. The molecule has 0 aliphatic heterocycles. The summed E-state index contributed by atoms with van der Waals surface area (Å²) in [5.74, 6) is 0. The summed E-state index contributed by atoms with van der Waals surface area (Å²) in [4.78, 5) is 0. The fourth-order valence-electron chi connectivity index (χ4n) is 5.43. The highest BCUT2D eigenvalue weighted by atomic mass is 32.3. The van der Waals surface area contributed by atoms with Crippen molar-refractivity contribution in [3.8, 4) is 0 Å². The zero-order valence-corrected chi connectivity index (χ0v) is 14.4. The van der Waals surface area contributed by atoms with E-state index in [4.69, 9.17) is 0 Å². The van der Waals surface area contributed by atoms with Crippen LogP contribution in [0.4, 0.5) is 0 Å². The van der Waals surface area contributed by atoms with Crippen molar-refractivity contribution in [3.63, 3.8) is 0 Å². The molecule has 3 rings (SSSR count). The summed E-state index contributed by atoms with van der Waals surface area (Å²) in [5.41, 5.74) is 0. The highest BCUT2D eigenvalue weighted by Crippen LogP contribution is 2.51. The Labute approximate surface area is 130 Å². The quantitative estimate of drug-likeness (QED) is 0.769. The van der Waals surface area contributed by atoms with E-state index >= 15 is 0 Å². The maximum Gasteiger partial charge on any atom is 0.0458 e. The third-order valence-corrected chi connectivity index (χ3v) is 12.1. The van der Waals surface area contributed by atoms with E-state index in [1.807, 2.05) is 0 Å². The van der Waals surface area contributed by atoms with Crippen molar-refractivity contribution in [3.05, 3.63) is 0 Å². The average molecular weight is 315 g/mol. The van der Waals surface area contributed by atoms with Gasteiger partial charge in [-0.1, -0.05) is 57.8 Å². The van der Waals surface area contributed by atoms with Gasteiger partial charge in [-0.2, -0.15) is 9.35 Å². The molecule has 2 nitrogen and oxygen atoms in total. The average Bonchev–Trinajstić information content (AvgIpc) is 2.57. The molecule has 0 saturated heterocycles. The summed E-state index contributed by atoms with van der Waals surface area (Å²) in [6.45, 7) is 0. The summed E-state index contributed by atoms with van der Waals surface area (Å²) in [6, 6.07) is 0. The molecule has 3 aliphatic rings. The maximum atomic E-state index is 14.4. The van der Waals surface area contributed by atoms with Gasteiger partial charge in [0.2, 0.25) is 0 Å². The van der Waals surface area contributed by atoms with Crippen LogP contribution in [0.2, 0.25) is 0 Å². The minimum Gasteiger partial charge on any atom is -0.302 e. The van der Waals surface area contributed by atoms with Crippen molar-refractivity contribution >= 4 is 9.35 Å². The Hall–Kier alpha value is 0.110. The van der Waals surface area contributed by atoms with Crippen LogP contribution in [0.1, 0.15) is 96.3 Å². The van der Waals surface area contributed by atoms with Gasteiger partial charge in [0.15, 0.2) is 0 Å². The van der Waals surface area contributed by atoms with Gasteiger partial charge >= 0.3 is 0 Å². The molecular weight excluding hydrogens is 280 g/mol. The SMILES string of the molecule is O=S(O)(C1CCCCC1)(C1CCCCC1)C1CCCCC1. The summed E-state index contributed by atoms with van der Waals surface area (Å²) in [7, 11) is -3.49. The van der Waals surface area contributed by atoms with Crippen LogP contribution in [0.15, 0.2) is 0 Å². The predicted octanol–water partition coefficient (Wildman–Crippen LogP) is 5.28. The van der Waals surface area contributed by atoms with Crippen molar-refractivity contribution in [2.75, 3.05) is 0 Å². The van der Waals surface area contributed by atoms with Gasteiger partial charge in [-0.25, -0.2) is 4.21 Å². The topological polar surface area (TPSA) is 37.3 Å². The van der Waals surface area contributed by atoms with Crippen LogP contribution in [-0.2, 0) is 9.35 Å². The van der Waals surface area contributed by atoms with Gasteiger partial charge < -0.3 is 4.55 Å². The lowest BCUT2D eigenvalue weighted by Gasteiger charge is -2.61. The molecule has 3 fully saturated rings. The minimum atomic E-state index is -3.49. The van der Waals surface area contributed by atoms with Gasteiger partial charge in [-0.05, 0) is 38.5 Å². The van der Waals surface area contributed by atoms with Crippen LogP contribution >= 0.6 is 0 Å². The Balaban J connectivity index is 1.92. The molecule has 3 saturated carbocycles. The Morgan fingerprint density at radius 1 is 0.524 bits per heavy atom. The second-order valence-corrected chi connectivity index (χ2v) is 12.0. The molecule has 0 amide bonds. The van der Waals surface area contributed by atoms with Gasteiger partial charge in [0.1, 0.15) is 0 Å². The van der Waals surface area contributed by atoms with E-state index in [-0.39, 0.29) is 15.7 Å². The molecule has 3 aliphatic carbocycles. The molecule has 21 heavy (non-hydrogen) atoms. The molecule has 0 aromatic heterocycles. The lowest BCUT2D eigenvalue weighted by Crippen LogP contribution is -2.61. The fraction of sp³-hybridized carbons (Fsp3) is 1.00. The van der Waals surface area contributed by atoms with E-state index in [9.17, 15) is 8.76 Å². The fourth-order valence-corrected chi connectivity index (χ4v) is 10.9. The largest absolute Gasteiger partial charge is 0.302 e. The van der Waals surface area contributed by atoms with E-state index in [1.165, 1.54) is 57.8 Å². The predicted molar refractivity (Wildman–Crippen MR) is 91.4 cm³/mol. The first-order valence-electron chi connectivity index (χ1n) is 9.51. The van der Waals surface area contributed by atoms with Gasteiger partial charge in [0.25, 0.3) is 0 Å². The summed E-state index contributed by atoms with van der Waals surface area (Å²) < 4.78 is 26.3. The Bertz CT molecular complexity index is 344. The van der Waals surface area contributed by atoms with Crippen LogP contribution in [0.3, 0.4) is 0 Å². The molecule has 0 aromatic rings. The number of rotatable bonds is 3. The van der Waals surface area contributed by atoms with E-state index in [1.54, 1.807) is 0 Å². The lowest BCUT2D eigenvalue weighted by molar-refractivity contribution is 0.367. The summed E-state index contributed by atoms with van der Waals surface area (Å²) in [5, 5.41) is 0.380. The molecule has 0 atom stereocenters. The highest BCUT2D eigenvalue weighted by Gasteiger charge is 2.50. The first kappa shape index (κ1) is 16.0. The number of hydrogen-bond donors (Lipinski definition) is 1. The molecule has 1 N–H and O–H groups in total. The smallest absolute Gasteiger partial charge is 0.0458 e. The van der Waals surface area contributed by atoms with Crippen molar-refractivity contribution < 1.29 is 8.76 Å². The molecule has 0 aromatic carbocycles. The van der Waals surface area contributed by atoms with Crippen LogP contribution in [-0.4, -0.2) is 24.5 Å². The minimum absolute atomic E-state index is 0.127. The van der Waals surface area contributed by atoms with Crippen molar-refractivity contribution in [1.29, 1.82) is 0 Å². The lowest BCUT2D eigenvalue weighted by atomic mass is 9.99. The summed E-state index contributed by atoms with van der Waals surface area (Å²) in [6.07, 6.45) is 17.0. The van der Waals surface area contributed by atoms with Crippen LogP contribution in [0, 0.1) is 0 Å². The zero-order chi connectivity index (χ0) is 14.8. The standard InChI is InChI=1S/C18H34O2S/c19-21(20,16-10-4-1-5-11-16,17-12-6-2-7-13-17)18-14-8-3-9-15-18/h16-18H,1-15H2,(H,19,20). The molecular formula is C18H34O2S. The van der Waals surface area contributed by atoms with Gasteiger partial charge in [0.05, 0.1) is 0 Å². The molecule has 124 valence electrons. The van der Waals surface area contributed by atoms with Crippen LogP contribution in [0.25, 0.3) is 0 Å². The Kier molecular flexibility index (Phi) is 4.80. The molecule has 0 heterocycles. The Morgan fingerprint density at radius 2 is 0.762 bits per heavy atom. The van der Waals surface area contributed by atoms with Crippen LogP contribution < -0.4 is 0 Å². The summed E-state index contributed by atoms with van der Waals surface area (Å²) >= 11 is 0. The normalized spacial score (nSPS) is 29.9. The van der Waals surface area contributed by atoms with Gasteiger partial charge in [-0.3, -0.25) is 0 Å². The van der Waals surface area contributed by atoms with Crippen LogP contribution in [0.5, 0.6) is 0 Å². The third kappa shape index (κ3) is 2.85. The second-order valence-electron chi connectivity index (χ2n) is 7.87. The first-order chi connectivity index (χ1) is 10.1. The molecule has 0 radical (unpaired) electrons. The first-order valence-corrected chi connectivity index (χ1v) is 11.6. The van der Waals surface area contributed by atoms with Crippen molar-refractivity contribution in [2.45, 2.75) is 112 Å². The van der Waals surface area contributed by atoms with E-state index in [2.05, 4.69) is 0 Å². The maximum absolute atomic E-state index is 14.4. The van der Waals surface area contributed by atoms with Gasteiger partial charge in [0, 0.05) is 15.7 Å². The number of hydrogen-bond acceptors (Lipinski definition) is 1. The van der Waals surface area contributed by atoms with Crippen molar-refractivity contribution in [2.24, 2.45) is 0 Å². The van der Waals surface area contributed by atoms with E-state index in [0.29, 0.717) is 0 Å². The van der Waals surface area contributed by atoms with E-state index in [0.717, 1.165) is 38.5 Å². The molecule has 0 unspecified atom stereocenters. The van der Waals surface area contributed by atoms with E-state index < -0.39 is 9.35 Å². The molecule has 3 heteroatoms. The van der Waals surface area contributed by atoms with Crippen molar-refractivity contribution in [1.82, 2.24) is 0 Å². The molecule has 0 spiro atoms. The second kappa shape index (κ2) is 6.31.